The molecule has 1 radical (unpaired) electrons. The third-order valence-electron chi connectivity index (χ3n) is 6.37. The Labute approximate surface area is 417 Å². The zero-order valence-corrected chi connectivity index (χ0v) is 38.8. The van der Waals surface area contributed by atoms with Crippen molar-refractivity contribution in [1.82, 2.24) is 35.0 Å². The minimum absolute atomic E-state index is 0. The van der Waals surface area contributed by atoms with Gasteiger partial charge in [-0.15, -0.1) is 10.2 Å². The fraction of sp³-hybridized carbons (Fsp3) is 0. The topological polar surface area (TPSA) is 231 Å². The summed E-state index contributed by atoms with van der Waals surface area (Å²) in [5.41, 5.74) is 2.24. The number of hydrogen-bond acceptors (Lipinski definition) is 16. The predicted octanol–water partition coefficient (Wildman–Crippen LogP) is -3.61. The molecule has 0 saturated carbocycles. The van der Waals surface area contributed by atoms with E-state index in [9.17, 15) is 27.8 Å². The van der Waals surface area contributed by atoms with Crippen molar-refractivity contribution in [2.45, 2.75) is 20.1 Å². The van der Waals surface area contributed by atoms with Gasteiger partial charge in [-0.2, -0.15) is 9.43 Å². The average Bonchev–Trinajstić information content (AvgIpc) is 3.75. The first kappa shape index (κ1) is 47.8. The molecule has 0 bridgehead atoms. The third-order valence-corrected chi connectivity index (χ3v) is 8.46. The minimum atomic E-state index is -4.78. The van der Waals surface area contributed by atoms with E-state index in [0.29, 0.717) is 44.7 Å². The number of benzene rings is 4. The van der Waals surface area contributed by atoms with Crippen molar-refractivity contribution in [1.29, 1.82) is 0 Å². The van der Waals surface area contributed by atoms with Gasteiger partial charge in [-0.25, -0.2) is 13.1 Å². The number of nitrogens with zero attached hydrogens (tertiary/aromatic N) is 7. The normalized spacial score (nSPS) is 10.3. The van der Waals surface area contributed by atoms with E-state index in [-0.39, 0.29) is 142 Å². The molecule has 0 aliphatic rings. The molecule has 53 heavy (non-hydrogen) atoms. The first-order valence-electron chi connectivity index (χ1n) is 13.7. The summed E-state index contributed by atoms with van der Waals surface area (Å²) in [5.74, 6) is -1.10. The Morgan fingerprint density at radius 3 is 1.94 bits per heavy atom. The first-order chi connectivity index (χ1) is 24.0. The van der Waals surface area contributed by atoms with Crippen LogP contribution in [0.25, 0.3) is 11.4 Å². The number of rotatable bonds is 10. The zero-order valence-electron chi connectivity index (χ0n) is 27.1. The minimum Gasteiger partial charge on any atom is -0.744 e. The molecule has 267 valence electrons. The van der Waals surface area contributed by atoms with Crippen molar-refractivity contribution in [2.75, 3.05) is 10.6 Å². The van der Waals surface area contributed by atoms with E-state index in [1.165, 1.54) is 29.2 Å². The van der Waals surface area contributed by atoms with Gasteiger partial charge in [-0.1, -0.05) is 36.4 Å². The van der Waals surface area contributed by atoms with E-state index >= 15 is 0 Å². The van der Waals surface area contributed by atoms with Gasteiger partial charge in [0.2, 0.25) is 0 Å². The van der Waals surface area contributed by atoms with Crippen molar-refractivity contribution in [3.63, 3.8) is 0 Å². The number of nitrogens with one attached hydrogen (secondary N) is 2. The van der Waals surface area contributed by atoms with Gasteiger partial charge in [0.25, 0.3) is 11.8 Å². The Morgan fingerprint density at radius 1 is 0.774 bits per heavy atom. The summed E-state index contributed by atoms with van der Waals surface area (Å²) >= 11 is 10.7. The van der Waals surface area contributed by atoms with Crippen LogP contribution >= 0.6 is 12.0 Å². The summed E-state index contributed by atoms with van der Waals surface area (Å²) in [6.45, 7) is 0. The van der Waals surface area contributed by atoms with E-state index in [2.05, 4.69) is 45.7 Å². The molecule has 0 fully saturated rings. The molecule has 4 aromatic carbocycles. The Bertz CT molecular complexity index is 2270. The molecule has 0 unspecified atom stereocenters. The summed E-state index contributed by atoms with van der Waals surface area (Å²) in [4.78, 5) is 24.7. The van der Waals surface area contributed by atoms with Gasteiger partial charge in [-0.3, -0.25) is 14.6 Å². The van der Waals surface area contributed by atoms with Crippen LogP contribution in [0.2, 0.25) is 0 Å². The molecular formula is C29H19AuK2N9O8S4-2. The maximum atomic E-state index is 12.5. The molecule has 2 amide bonds. The van der Waals surface area contributed by atoms with Gasteiger partial charge in [0.15, 0.2) is 0 Å². The van der Waals surface area contributed by atoms with E-state index in [1.807, 2.05) is 6.07 Å². The summed E-state index contributed by atoms with van der Waals surface area (Å²) in [6, 6.07) is 25.3. The summed E-state index contributed by atoms with van der Waals surface area (Å²) in [7, 11) is -4.78. The molecule has 6 aromatic rings. The van der Waals surface area contributed by atoms with E-state index in [1.54, 1.807) is 71.3 Å². The summed E-state index contributed by atoms with van der Waals surface area (Å²) in [6.07, 6.45) is 1.50. The first-order valence-corrected chi connectivity index (χ1v) is 16.6. The molecule has 2 aromatic heterocycles. The Hall–Kier alpha value is -1.38. The maximum Gasteiger partial charge on any atom is 1.00 e. The molecule has 0 saturated heterocycles. The zero-order chi connectivity index (χ0) is 35.7. The molecule has 0 spiro atoms. The molecule has 2 heterocycles. The fourth-order valence-electron chi connectivity index (χ4n) is 4.24. The maximum absolute atomic E-state index is 12.5. The number of amides is 2. The molecular weight excluding hydrogens is 1010 g/mol. The van der Waals surface area contributed by atoms with Crippen LogP contribution in [0.3, 0.4) is 0 Å². The number of tetrazole rings is 1. The van der Waals surface area contributed by atoms with Crippen LogP contribution < -0.4 is 119 Å². The molecule has 0 atom stereocenters. The van der Waals surface area contributed by atoms with Crippen LogP contribution in [0.15, 0.2) is 123 Å². The second-order valence-corrected chi connectivity index (χ2v) is 12.4. The number of hydrogen-bond donors (Lipinski definition) is 2. The number of carbonyl (C=O) groups is 2. The third kappa shape index (κ3) is 13.4. The SMILES string of the molecule is O=C(Nc1cccc(-n2cnnc2[S-])c1)c1ccccc1SOO[O-].O=C(Nc1cccc(-n2nnnc2[S-])c1)c1ccccc1S(=O)(=O)[O-].[Au].[K+].[K+]. The van der Waals surface area contributed by atoms with Crippen LogP contribution in [-0.2, 0) is 67.1 Å². The molecule has 2 N–H and O–H groups in total. The summed E-state index contributed by atoms with van der Waals surface area (Å²) in [5, 5.41) is 37.4. The van der Waals surface area contributed by atoms with Gasteiger partial charge in [0.1, 0.15) is 16.4 Å². The number of anilines is 2. The molecule has 6 rings (SSSR count). The van der Waals surface area contributed by atoms with Gasteiger partial charge >= 0.3 is 103 Å². The van der Waals surface area contributed by atoms with Crippen LogP contribution in [-0.4, -0.2) is 59.8 Å². The van der Waals surface area contributed by atoms with Crippen LogP contribution in [0.1, 0.15) is 20.7 Å². The van der Waals surface area contributed by atoms with Gasteiger partial charge in [0.05, 0.1) is 38.6 Å². The number of carbonyl (C=O) groups excluding carboxylic acids is 2. The molecule has 24 heteroatoms. The van der Waals surface area contributed by atoms with Crippen LogP contribution in [0, 0.1) is 0 Å². The smallest absolute Gasteiger partial charge is 0.744 e. The Balaban J connectivity index is 0.000000347. The second kappa shape index (κ2) is 23.0. The number of aromatic nitrogens is 7. The largest absolute Gasteiger partial charge is 1.00 e. The van der Waals surface area contributed by atoms with Crippen molar-refractivity contribution in [3.8, 4) is 11.4 Å². The van der Waals surface area contributed by atoms with E-state index in [0.717, 1.165) is 11.8 Å². The van der Waals surface area contributed by atoms with E-state index < -0.39 is 20.9 Å². The quantitative estimate of drug-likeness (QED) is 0.0337. The predicted molar refractivity (Wildman–Crippen MR) is 177 cm³/mol. The van der Waals surface area contributed by atoms with Crippen molar-refractivity contribution >= 4 is 70.6 Å². The second-order valence-electron chi connectivity index (χ2n) is 9.53. The monoisotopic (exact) mass is 1020 g/mol. The van der Waals surface area contributed by atoms with Gasteiger partial charge in [-0.05, 0) is 71.1 Å². The van der Waals surface area contributed by atoms with Crippen LogP contribution in [0.5, 0.6) is 0 Å². The summed E-state index contributed by atoms with van der Waals surface area (Å²) < 4.78 is 41.1. The Morgan fingerprint density at radius 2 is 1.36 bits per heavy atom. The van der Waals surface area contributed by atoms with Crippen molar-refractivity contribution in [3.05, 3.63) is 115 Å². The fourth-order valence-corrected chi connectivity index (χ4v) is 5.78. The van der Waals surface area contributed by atoms with Crippen LogP contribution in [0.4, 0.5) is 11.4 Å². The standard InChI is InChI=1S/C15H12N4O4S2.C14H11N5O4S2.Au.2K/c20-14(12-6-1-2-7-13(12)25-23-22-21)17-10-4-3-5-11(8-10)19-9-16-18-15(19)24;20-13(11-6-1-2-7-12(11)25(21,22)23)15-9-4-3-5-10(8-9)19-14(24)16-17-18-19;;;/h1-9,21H,(H,17,20)(H,18,24);1-8H,(H,15,20)(H,16,18,24)(H,21,22,23);;;/q;;;2*+1/p-4. The van der Waals surface area contributed by atoms with Gasteiger partial charge < -0.3 is 50.3 Å². The van der Waals surface area contributed by atoms with Crippen molar-refractivity contribution in [2.24, 2.45) is 0 Å². The van der Waals surface area contributed by atoms with Gasteiger partial charge in [0, 0.05) is 49.8 Å². The Kier molecular flexibility index (Phi) is 20.7. The molecule has 0 aliphatic carbocycles. The molecule has 0 aliphatic heterocycles. The molecule has 17 nitrogen and oxygen atoms in total. The average molecular weight is 1020 g/mol. The van der Waals surface area contributed by atoms with E-state index in [4.69, 9.17) is 25.3 Å². The van der Waals surface area contributed by atoms with Crippen molar-refractivity contribution < 1.29 is 162 Å².